The molecular weight excluding hydrogens is 347 g/mol. The Bertz CT molecular complexity index is 983. The molecule has 0 aliphatic carbocycles. The third-order valence-electron chi connectivity index (χ3n) is 3.92. The summed E-state index contributed by atoms with van der Waals surface area (Å²) in [7, 11) is 0. The van der Waals surface area contributed by atoms with Gasteiger partial charge in [-0.05, 0) is 41.0 Å². The molecule has 0 bridgehead atoms. The number of halogens is 1. The zero-order valence-corrected chi connectivity index (χ0v) is 14.6. The highest BCUT2D eigenvalue weighted by Crippen LogP contribution is 2.27. The molecule has 1 heterocycles. The van der Waals surface area contributed by atoms with E-state index in [1.165, 1.54) is 40.6 Å². The maximum absolute atomic E-state index is 13.0. The zero-order chi connectivity index (χ0) is 17.8. The largest absolute Gasteiger partial charge is 0.411 e. The predicted molar refractivity (Wildman–Crippen MR) is 101 cm³/mol. The molecule has 0 aliphatic rings. The van der Waals surface area contributed by atoms with Crippen LogP contribution in [0.15, 0.2) is 88.5 Å². The van der Waals surface area contributed by atoms with Gasteiger partial charge in [-0.15, -0.1) is 10.2 Å². The molecule has 3 aromatic carbocycles. The van der Waals surface area contributed by atoms with E-state index >= 15 is 0 Å². The molecule has 26 heavy (non-hydrogen) atoms. The molecular formula is C21H15FN2OS. The van der Waals surface area contributed by atoms with Gasteiger partial charge in [0, 0.05) is 11.3 Å². The van der Waals surface area contributed by atoms with Gasteiger partial charge in [0.15, 0.2) is 0 Å². The molecule has 3 nitrogen and oxygen atoms in total. The van der Waals surface area contributed by atoms with Gasteiger partial charge in [0.1, 0.15) is 5.82 Å². The lowest BCUT2D eigenvalue weighted by molar-refractivity contribution is 0.465. The summed E-state index contributed by atoms with van der Waals surface area (Å²) in [6, 6.07) is 24.7. The van der Waals surface area contributed by atoms with Crippen molar-refractivity contribution in [1.29, 1.82) is 0 Å². The standard InChI is InChI=1S/C21H15FN2OS/c22-19-12-10-18(11-13-19)20-23-24-21(25-20)26-14-15-6-8-17(9-7-15)16-4-2-1-3-5-16/h1-13H,14H2. The monoisotopic (exact) mass is 362 g/mol. The van der Waals surface area contributed by atoms with Crippen molar-refractivity contribution < 1.29 is 8.81 Å². The maximum Gasteiger partial charge on any atom is 0.277 e. The van der Waals surface area contributed by atoms with E-state index < -0.39 is 0 Å². The second kappa shape index (κ2) is 7.54. The van der Waals surface area contributed by atoms with Gasteiger partial charge in [-0.25, -0.2) is 4.39 Å². The van der Waals surface area contributed by atoms with Gasteiger partial charge < -0.3 is 4.42 Å². The first kappa shape index (κ1) is 16.5. The Balaban J connectivity index is 1.41. The van der Waals surface area contributed by atoms with Crippen molar-refractivity contribution in [3.63, 3.8) is 0 Å². The summed E-state index contributed by atoms with van der Waals surface area (Å²) in [6.45, 7) is 0. The average molecular weight is 362 g/mol. The van der Waals surface area contributed by atoms with Gasteiger partial charge in [-0.1, -0.05) is 66.4 Å². The van der Waals surface area contributed by atoms with Gasteiger partial charge in [-0.2, -0.15) is 0 Å². The Morgan fingerprint density at radius 1 is 0.731 bits per heavy atom. The molecule has 0 saturated heterocycles. The molecule has 0 atom stereocenters. The molecule has 0 saturated carbocycles. The summed E-state index contributed by atoms with van der Waals surface area (Å²) >= 11 is 1.48. The highest BCUT2D eigenvalue weighted by Gasteiger charge is 2.09. The highest BCUT2D eigenvalue weighted by molar-refractivity contribution is 7.98. The van der Waals surface area contributed by atoms with Crippen molar-refractivity contribution in [2.45, 2.75) is 11.0 Å². The second-order valence-electron chi connectivity index (χ2n) is 5.73. The first-order chi connectivity index (χ1) is 12.8. The van der Waals surface area contributed by atoms with Crippen LogP contribution in [-0.2, 0) is 5.75 Å². The first-order valence-corrected chi connectivity index (χ1v) is 9.13. The summed E-state index contributed by atoms with van der Waals surface area (Å²) in [6.07, 6.45) is 0. The predicted octanol–water partition coefficient (Wildman–Crippen LogP) is 5.84. The summed E-state index contributed by atoms with van der Waals surface area (Å²) < 4.78 is 18.6. The fraction of sp³-hybridized carbons (Fsp3) is 0.0476. The number of aromatic nitrogens is 2. The summed E-state index contributed by atoms with van der Waals surface area (Å²) in [5, 5.41) is 8.57. The molecule has 0 amide bonds. The van der Waals surface area contributed by atoms with E-state index in [1.54, 1.807) is 12.1 Å². The molecule has 0 N–H and O–H groups in total. The summed E-state index contributed by atoms with van der Waals surface area (Å²) in [5.41, 5.74) is 4.28. The third-order valence-corrected chi connectivity index (χ3v) is 4.81. The molecule has 4 rings (SSSR count). The minimum Gasteiger partial charge on any atom is -0.411 e. The van der Waals surface area contributed by atoms with E-state index in [2.05, 4.69) is 46.6 Å². The van der Waals surface area contributed by atoms with E-state index in [4.69, 9.17) is 4.42 Å². The van der Waals surface area contributed by atoms with Gasteiger partial charge in [-0.3, -0.25) is 0 Å². The Kier molecular flexibility index (Phi) is 4.80. The number of hydrogen-bond acceptors (Lipinski definition) is 4. The van der Waals surface area contributed by atoms with E-state index in [9.17, 15) is 4.39 Å². The highest BCUT2D eigenvalue weighted by atomic mass is 32.2. The fourth-order valence-electron chi connectivity index (χ4n) is 2.55. The molecule has 0 spiro atoms. The van der Waals surface area contributed by atoms with E-state index in [1.807, 2.05) is 18.2 Å². The van der Waals surface area contributed by atoms with E-state index in [-0.39, 0.29) is 5.82 Å². The van der Waals surface area contributed by atoms with Crippen molar-refractivity contribution in [3.8, 4) is 22.6 Å². The molecule has 0 radical (unpaired) electrons. The zero-order valence-electron chi connectivity index (χ0n) is 13.8. The Morgan fingerprint density at radius 3 is 2.12 bits per heavy atom. The quantitative estimate of drug-likeness (QED) is 0.418. The van der Waals surface area contributed by atoms with Gasteiger partial charge in [0.05, 0.1) is 0 Å². The third kappa shape index (κ3) is 3.83. The van der Waals surface area contributed by atoms with E-state index in [0.717, 1.165) is 5.75 Å². The first-order valence-electron chi connectivity index (χ1n) is 8.14. The van der Waals surface area contributed by atoms with Gasteiger partial charge in [0.25, 0.3) is 5.22 Å². The van der Waals surface area contributed by atoms with Crippen molar-refractivity contribution in [3.05, 3.63) is 90.2 Å². The van der Waals surface area contributed by atoms with Crippen LogP contribution in [0.25, 0.3) is 22.6 Å². The van der Waals surface area contributed by atoms with Gasteiger partial charge >= 0.3 is 0 Å². The Labute approximate surface area is 154 Å². The van der Waals surface area contributed by atoms with Crippen molar-refractivity contribution >= 4 is 11.8 Å². The Morgan fingerprint density at radius 2 is 1.38 bits per heavy atom. The number of benzene rings is 3. The van der Waals surface area contributed by atoms with Crippen LogP contribution in [0.5, 0.6) is 0 Å². The molecule has 0 aliphatic heterocycles. The van der Waals surface area contributed by atoms with Crippen LogP contribution >= 0.6 is 11.8 Å². The van der Waals surface area contributed by atoms with Crippen molar-refractivity contribution in [2.75, 3.05) is 0 Å². The molecule has 0 fully saturated rings. The van der Waals surface area contributed by atoms with Crippen molar-refractivity contribution in [2.24, 2.45) is 0 Å². The smallest absolute Gasteiger partial charge is 0.277 e. The maximum atomic E-state index is 13.0. The van der Waals surface area contributed by atoms with Crippen LogP contribution in [0.4, 0.5) is 4.39 Å². The molecule has 5 heteroatoms. The number of thioether (sulfide) groups is 1. The fourth-order valence-corrected chi connectivity index (χ4v) is 3.27. The van der Waals surface area contributed by atoms with Gasteiger partial charge in [0.2, 0.25) is 5.89 Å². The molecule has 128 valence electrons. The minimum atomic E-state index is -0.290. The van der Waals surface area contributed by atoms with Crippen molar-refractivity contribution in [1.82, 2.24) is 10.2 Å². The second-order valence-corrected chi connectivity index (χ2v) is 6.66. The minimum absolute atomic E-state index is 0.290. The molecule has 1 aromatic heterocycles. The lowest BCUT2D eigenvalue weighted by Gasteiger charge is -2.03. The number of rotatable bonds is 5. The normalized spacial score (nSPS) is 10.8. The lowest BCUT2D eigenvalue weighted by Crippen LogP contribution is -1.82. The molecule has 4 aromatic rings. The van der Waals surface area contributed by atoms with Crippen LogP contribution < -0.4 is 0 Å². The number of nitrogens with zero attached hydrogens (tertiary/aromatic N) is 2. The summed E-state index contributed by atoms with van der Waals surface area (Å²) in [4.78, 5) is 0. The number of hydrogen-bond donors (Lipinski definition) is 0. The van der Waals surface area contributed by atoms with Crippen LogP contribution in [0.3, 0.4) is 0 Å². The SMILES string of the molecule is Fc1ccc(-c2nnc(SCc3ccc(-c4ccccc4)cc3)o2)cc1. The lowest BCUT2D eigenvalue weighted by atomic mass is 10.0. The Hall–Kier alpha value is -2.92. The topological polar surface area (TPSA) is 38.9 Å². The van der Waals surface area contributed by atoms with Crippen LogP contribution in [0.2, 0.25) is 0 Å². The van der Waals surface area contributed by atoms with Crippen LogP contribution in [-0.4, -0.2) is 10.2 Å². The average Bonchev–Trinajstić information content (AvgIpc) is 3.17. The van der Waals surface area contributed by atoms with Crippen LogP contribution in [0.1, 0.15) is 5.56 Å². The van der Waals surface area contributed by atoms with E-state index in [0.29, 0.717) is 16.7 Å². The summed E-state index contributed by atoms with van der Waals surface area (Å²) in [5.74, 6) is 0.842. The molecule has 0 unspecified atom stereocenters. The van der Waals surface area contributed by atoms with Crippen LogP contribution in [0, 0.1) is 5.82 Å².